The van der Waals surface area contributed by atoms with Gasteiger partial charge in [-0.1, -0.05) is 19.1 Å². The summed E-state index contributed by atoms with van der Waals surface area (Å²) in [6.45, 7) is 4.04. The standard InChI is InChI=1S/C16H21NO3/c1-3-16(20)17-9-11-8-13(11)12-5-4-6-15(19)14(12)7-10(2)18/h4-6,11,13,19H,3,7-9H2,1-2H3,(H,17,20)/t11-,13+/m0/s1. The lowest BCUT2D eigenvalue weighted by molar-refractivity contribution is -0.120. The van der Waals surface area contributed by atoms with Crippen molar-refractivity contribution in [3.05, 3.63) is 29.3 Å². The zero-order valence-electron chi connectivity index (χ0n) is 12.0. The van der Waals surface area contributed by atoms with Crippen molar-refractivity contribution in [2.45, 2.75) is 39.0 Å². The van der Waals surface area contributed by atoms with Gasteiger partial charge in [0.1, 0.15) is 11.5 Å². The Balaban J connectivity index is 2.05. The molecule has 1 aromatic rings. The summed E-state index contributed by atoms with van der Waals surface area (Å²) in [4.78, 5) is 22.6. The highest BCUT2D eigenvalue weighted by molar-refractivity contribution is 5.79. The van der Waals surface area contributed by atoms with Gasteiger partial charge in [0.15, 0.2) is 0 Å². The van der Waals surface area contributed by atoms with Crippen LogP contribution in [0.3, 0.4) is 0 Å². The summed E-state index contributed by atoms with van der Waals surface area (Å²) in [7, 11) is 0. The van der Waals surface area contributed by atoms with E-state index in [1.165, 1.54) is 6.92 Å². The number of carbonyl (C=O) groups is 2. The molecule has 0 aromatic heterocycles. The number of hydrogen-bond acceptors (Lipinski definition) is 3. The average molecular weight is 275 g/mol. The molecule has 1 fully saturated rings. The van der Waals surface area contributed by atoms with Gasteiger partial charge in [-0.2, -0.15) is 0 Å². The molecule has 4 heteroatoms. The van der Waals surface area contributed by atoms with E-state index >= 15 is 0 Å². The normalized spacial score (nSPS) is 20.5. The van der Waals surface area contributed by atoms with E-state index in [1.807, 2.05) is 19.1 Å². The summed E-state index contributed by atoms with van der Waals surface area (Å²) in [5.41, 5.74) is 1.80. The quantitative estimate of drug-likeness (QED) is 0.836. The van der Waals surface area contributed by atoms with Gasteiger partial charge in [0, 0.05) is 24.9 Å². The zero-order chi connectivity index (χ0) is 14.7. The molecule has 0 saturated heterocycles. The highest BCUT2D eigenvalue weighted by atomic mass is 16.3. The van der Waals surface area contributed by atoms with Crippen LogP contribution < -0.4 is 5.32 Å². The molecule has 0 heterocycles. The van der Waals surface area contributed by atoms with E-state index in [0.29, 0.717) is 24.8 Å². The molecule has 4 nitrogen and oxygen atoms in total. The van der Waals surface area contributed by atoms with Crippen molar-refractivity contribution < 1.29 is 14.7 Å². The maximum absolute atomic E-state index is 11.3. The molecule has 1 aliphatic carbocycles. The Morgan fingerprint density at radius 1 is 1.40 bits per heavy atom. The number of phenols is 1. The summed E-state index contributed by atoms with van der Waals surface area (Å²) in [5, 5.41) is 12.8. The third kappa shape index (κ3) is 3.38. The third-order valence-electron chi connectivity index (χ3n) is 3.82. The van der Waals surface area contributed by atoms with Gasteiger partial charge in [0.25, 0.3) is 0 Å². The Bertz CT molecular complexity index is 524. The fourth-order valence-corrected chi connectivity index (χ4v) is 2.60. The maximum atomic E-state index is 11.3. The topological polar surface area (TPSA) is 66.4 Å². The fourth-order valence-electron chi connectivity index (χ4n) is 2.60. The lowest BCUT2D eigenvalue weighted by Crippen LogP contribution is -2.24. The lowest BCUT2D eigenvalue weighted by atomic mass is 9.97. The second-order valence-electron chi connectivity index (χ2n) is 5.48. The Kier molecular flexibility index (Phi) is 4.42. The van der Waals surface area contributed by atoms with Gasteiger partial charge in [0.2, 0.25) is 5.91 Å². The Hall–Kier alpha value is -1.84. The van der Waals surface area contributed by atoms with Crippen LogP contribution in [0.5, 0.6) is 5.75 Å². The largest absolute Gasteiger partial charge is 0.508 e. The number of hydrogen-bond donors (Lipinski definition) is 2. The number of nitrogens with one attached hydrogen (secondary N) is 1. The van der Waals surface area contributed by atoms with Crippen LogP contribution in [0.4, 0.5) is 0 Å². The van der Waals surface area contributed by atoms with E-state index in [2.05, 4.69) is 5.32 Å². The van der Waals surface area contributed by atoms with Crippen molar-refractivity contribution in [2.75, 3.05) is 6.54 Å². The van der Waals surface area contributed by atoms with Crippen LogP contribution in [0.2, 0.25) is 0 Å². The minimum atomic E-state index is 0.0456. The smallest absolute Gasteiger partial charge is 0.219 e. The SMILES string of the molecule is CCC(=O)NC[C@@H]1C[C@H]1c1cccc(O)c1CC(C)=O. The van der Waals surface area contributed by atoms with E-state index in [1.54, 1.807) is 6.07 Å². The maximum Gasteiger partial charge on any atom is 0.219 e. The molecule has 2 N–H and O–H groups in total. The summed E-state index contributed by atoms with van der Waals surface area (Å²) in [5.74, 6) is 1.06. The number of rotatable bonds is 6. The number of amides is 1. The average Bonchev–Trinajstić information content (AvgIpc) is 3.17. The second-order valence-corrected chi connectivity index (χ2v) is 5.48. The van der Waals surface area contributed by atoms with Gasteiger partial charge in [-0.25, -0.2) is 0 Å². The molecule has 0 spiro atoms. The molecule has 2 rings (SSSR count). The van der Waals surface area contributed by atoms with Crippen LogP contribution in [-0.2, 0) is 16.0 Å². The lowest BCUT2D eigenvalue weighted by Gasteiger charge is -2.10. The molecule has 20 heavy (non-hydrogen) atoms. The van der Waals surface area contributed by atoms with Gasteiger partial charge >= 0.3 is 0 Å². The Labute approximate surface area is 119 Å². The fraction of sp³-hybridized carbons (Fsp3) is 0.500. The molecule has 0 bridgehead atoms. The molecule has 1 aromatic carbocycles. The number of aromatic hydroxyl groups is 1. The molecule has 1 saturated carbocycles. The zero-order valence-corrected chi connectivity index (χ0v) is 12.0. The predicted octanol–water partition coefficient (Wildman–Crippen LogP) is 2.15. The first kappa shape index (κ1) is 14.6. The minimum Gasteiger partial charge on any atom is -0.508 e. The minimum absolute atomic E-state index is 0.0456. The van der Waals surface area contributed by atoms with Crippen molar-refractivity contribution in [2.24, 2.45) is 5.92 Å². The van der Waals surface area contributed by atoms with Crippen LogP contribution in [0.15, 0.2) is 18.2 Å². The molecular weight excluding hydrogens is 254 g/mol. The Morgan fingerprint density at radius 2 is 2.15 bits per heavy atom. The van der Waals surface area contributed by atoms with Gasteiger partial charge in [-0.15, -0.1) is 0 Å². The van der Waals surface area contributed by atoms with E-state index in [0.717, 1.165) is 17.5 Å². The second kappa shape index (κ2) is 6.07. The number of benzene rings is 1. The molecule has 108 valence electrons. The van der Waals surface area contributed by atoms with Gasteiger partial charge in [-0.3, -0.25) is 9.59 Å². The highest BCUT2D eigenvalue weighted by Gasteiger charge is 2.39. The van der Waals surface area contributed by atoms with Crippen LogP contribution in [0.1, 0.15) is 43.7 Å². The third-order valence-corrected chi connectivity index (χ3v) is 3.82. The molecule has 1 aliphatic rings. The molecular formula is C16H21NO3. The monoisotopic (exact) mass is 275 g/mol. The number of phenolic OH excluding ortho intramolecular Hbond substituents is 1. The van der Waals surface area contributed by atoms with Crippen molar-refractivity contribution in [1.82, 2.24) is 5.32 Å². The van der Waals surface area contributed by atoms with Crippen LogP contribution >= 0.6 is 0 Å². The van der Waals surface area contributed by atoms with Crippen molar-refractivity contribution in [3.63, 3.8) is 0 Å². The van der Waals surface area contributed by atoms with Gasteiger partial charge < -0.3 is 10.4 Å². The van der Waals surface area contributed by atoms with E-state index in [9.17, 15) is 14.7 Å². The first-order valence-corrected chi connectivity index (χ1v) is 7.09. The highest BCUT2D eigenvalue weighted by Crippen LogP contribution is 2.49. The van der Waals surface area contributed by atoms with Crippen LogP contribution in [0, 0.1) is 5.92 Å². The van der Waals surface area contributed by atoms with E-state index in [4.69, 9.17) is 0 Å². The summed E-state index contributed by atoms with van der Waals surface area (Å²) >= 11 is 0. The molecule has 1 amide bonds. The van der Waals surface area contributed by atoms with Crippen LogP contribution in [0.25, 0.3) is 0 Å². The van der Waals surface area contributed by atoms with Crippen molar-refractivity contribution >= 4 is 11.7 Å². The Morgan fingerprint density at radius 3 is 2.80 bits per heavy atom. The van der Waals surface area contributed by atoms with Crippen molar-refractivity contribution in [3.8, 4) is 5.75 Å². The number of ketones is 1. The van der Waals surface area contributed by atoms with E-state index in [-0.39, 0.29) is 23.9 Å². The van der Waals surface area contributed by atoms with Gasteiger partial charge in [-0.05, 0) is 36.8 Å². The predicted molar refractivity (Wildman–Crippen MR) is 76.6 cm³/mol. The van der Waals surface area contributed by atoms with E-state index < -0.39 is 0 Å². The first-order chi connectivity index (χ1) is 9.52. The molecule has 2 atom stereocenters. The first-order valence-electron chi connectivity index (χ1n) is 7.09. The summed E-state index contributed by atoms with van der Waals surface area (Å²) in [6.07, 6.45) is 1.77. The number of carbonyl (C=O) groups excluding carboxylic acids is 2. The van der Waals surface area contributed by atoms with Crippen molar-refractivity contribution in [1.29, 1.82) is 0 Å². The molecule has 0 radical (unpaired) electrons. The summed E-state index contributed by atoms with van der Waals surface area (Å²) in [6, 6.07) is 5.41. The molecule has 0 unspecified atom stereocenters. The summed E-state index contributed by atoms with van der Waals surface area (Å²) < 4.78 is 0. The van der Waals surface area contributed by atoms with Crippen LogP contribution in [-0.4, -0.2) is 23.3 Å². The van der Waals surface area contributed by atoms with Gasteiger partial charge in [0.05, 0.1) is 0 Å². The molecule has 0 aliphatic heterocycles. The number of Topliss-reactive ketones (excluding diaryl/α,β-unsaturated/α-hetero) is 1.